The number of nitrogens with two attached hydrogens (primary N) is 1. The first-order valence-electron chi connectivity index (χ1n) is 13.2. The zero-order valence-corrected chi connectivity index (χ0v) is 24.4. The van der Waals surface area contributed by atoms with Gasteiger partial charge in [-0.25, -0.2) is 4.79 Å². The van der Waals surface area contributed by atoms with Gasteiger partial charge in [-0.15, -0.1) is 0 Å². The lowest BCUT2D eigenvalue weighted by Gasteiger charge is -2.37. The van der Waals surface area contributed by atoms with Gasteiger partial charge in [0.2, 0.25) is 17.7 Å². The van der Waals surface area contributed by atoms with Gasteiger partial charge >= 0.3 is 12.1 Å². The summed E-state index contributed by atoms with van der Waals surface area (Å²) in [7, 11) is 0. The quantitative estimate of drug-likeness (QED) is 0.320. The van der Waals surface area contributed by atoms with Crippen LogP contribution in [0, 0.1) is 13.8 Å². The molecule has 0 bridgehead atoms. The Balaban J connectivity index is 3.46. The second-order valence-corrected chi connectivity index (χ2v) is 10.7. The highest BCUT2D eigenvalue weighted by Crippen LogP contribution is 2.27. The smallest absolute Gasteiger partial charge is 0.408 e. The third kappa shape index (κ3) is 11.7. The highest BCUT2D eigenvalue weighted by atomic mass is 16.6. The lowest BCUT2D eigenvalue weighted by molar-refractivity contribution is -0.146. The fraction of sp³-hybridized carbons (Fsp3) is 0.607. The van der Waals surface area contributed by atoms with E-state index in [1.807, 2.05) is 32.0 Å². The Morgan fingerprint density at radius 2 is 1.59 bits per heavy atom. The number of rotatable bonds is 13. The molecule has 0 radical (unpaired) electrons. The number of alkyl carbamates (subject to hydrolysis) is 1. The van der Waals surface area contributed by atoms with Crippen molar-refractivity contribution in [2.24, 2.45) is 5.73 Å². The Hall–Kier alpha value is -3.63. The summed E-state index contributed by atoms with van der Waals surface area (Å²) >= 11 is 0. The third-order valence-electron chi connectivity index (χ3n) is 5.50. The maximum absolute atomic E-state index is 14.0. The molecule has 0 aromatic heterocycles. The van der Waals surface area contributed by atoms with Crippen molar-refractivity contribution in [2.45, 2.75) is 98.4 Å². The van der Waals surface area contributed by atoms with Crippen molar-refractivity contribution in [3.05, 3.63) is 34.9 Å². The molecular weight excluding hydrogens is 504 g/mol. The summed E-state index contributed by atoms with van der Waals surface area (Å²) in [5.74, 6) is -2.18. The van der Waals surface area contributed by atoms with Crippen LogP contribution >= 0.6 is 0 Å². The number of ether oxygens (including phenoxy) is 2. The summed E-state index contributed by atoms with van der Waals surface area (Å²) < 4.78 is 10.3. The summed E-state index contributed by atoms with van der Waals surface area (Å²) in [6, 6.07) is 2.80. The summed E-state index contributed by atoms with van der Waals surface area (Å²) in [6.07, 6.45) is -1.12. The van der Waals surface area contributed by atoms with Crippen molar-refractivity contribution in [1.29, 1.82) is 0 Å². The molecule has 1 rings (SSSR count). The Kier molecular flexibility index (Phi) is 12.9. The van der Waals surface area contributed by atoms with E-state index in [0.717, 1.165) is 11.1 Å². The number of primary amides is 1. The zero-order chi connectivity index (χ0) is 29.9. The molecular formula is C28H44N4O7. The number of carbonyl (C=O) groups excluding carboxylic acids is 5. The van der Waals surface area contributed by atoms with Crippen molar-refractivity contribution >= 4 is 29.8 Å². The van der Waals surface area contributed by atoms with E-state index in [4.69, 9.17) is 15.2 Å². The topological polar surface area (TPSA) is 157 Å². The van der Waals surface area contributed by atoms with Gasteiger partial charge in [0, 0.05) is 19.0 Å². The Morgan fingerprint density at radius 1 is 1.00 bits per heavy atom. The molecule has 0 saturated heterocycles. The van der Waals surface area contributed by atoms with E-state index in [-0.39, 0.29) is 32.4 Å². The van der Waals surface area contributed by atoms with Gasteiger partial charge in [0.25, 0.3) is 0 Å². The van der Waals surface area contributed by atoms with Crippen molar-refractivity contribution < 1.29 is 33.4 Å². The van der Waals surface area contributed by atoms with Crippen LogP contribution in [0.1, 0.15) is 83.5 Å². The van der Waals surface area contributed by atoms with Gasteiger partial charge in [-0.05, 0) is 67.4 Å². The van der Waals surface area contributed by atoms with Gasteiger partial charge in [0.15, 0.2) is 0 Å². The molecule has 4 amide bonds. The van der Waals surface area contributed by atoms with E-state index in [1.54, 1.807) is 41.5 Å². The predicted molar refractivity (Wildman–Crippen MR) is 146 cm³/mol. The van der Waals surface area contributed by atoms with Crippen LogP contribution in [0.15, 0.2) is 18.2 Å². The molecule has 1 aromatic carbocycles. The number of carbonyl (C=O) groups is 5. The monoisotopic (exact) mass is 548 g/mol. The number of amides is 4. The fourth-order valence-corrected chi connectivity index (χ4v) is 4.08. The molecule has 0 spiro atoms. The van der Waals surface area contributed by atoms with E-state index < -0.39 is 53.5 Å². The molecule has 39 heavy (non-hydrogen) atoms. The van der Waals surface area contributed by atoms with Crippen LogP contribution in [0.2, 0.25) is 0 Å². The molecule has 0 saturated carbocycles. The lowest BCUT2D eigenvalue weighted by atomic mass is 9.97. The fourth-order valence-electron chi connectivity index (χ4n) is 4.08. The maximum atomic E-state index is 14.0. The van der Waals surface area contributed by atoms with Crippen LogP contribution in [0.25, 0.3) is 0 Å². The average molecular weight is 549 g/mol. The van der Waals surface area contributed by atoms with E-state index in [2.05, 4.69) is 10.6 Å². The molecule has 0 heterocycles. The van der Waals surface area contributed by atoms with Crippen molar-refractivity contribution in [3.8, 4) is 0 Å². The minimum Gasteiger partial charge on any atom is -0.466 e. The van der Waals surface area contributed by atoms with Gasteiger partial charge < -0.3 is 30.7 Å². The van der Waals surface area contributed by atoms with Gasteiger partial charge in [0.1, 0.15) is 17.7 Å². The standard InChI is InChI=1S/C28H44N4O7/c1-9-38-23(34)12-13-30-25(35)24(20-15-18(4)14-19(5)16-20)32(17(2)3)26(36)21(10-11-22(29)33)31-27(37)39-28(6,7)8/h14-17,21,24H,9-13H2,1-8H3,(H2,29,33)(H,30,35)(H,31,37). The van der Waals surface area contributed by atoms with E-state index >= 15 is 0 Å². The van der Waals surface area contributed by atoms with Crippen LogP contribution in [-0.4, -0.2) is 65.5 Å². The van der Waals surface area contributed by atoms with E-state index in [0.29, 0.717) is 5.56 Å². The first-order chi connectivity index (χ1) is 18.0. The van der Waals surface area contributed by atoms with Gasteiger partial charge in [-0.2, -0.15) is 0 Å². The predicted octanol–water partition coefficient (Wildman–Crippen LogP) is 2.81. The molecule has 0 aliphatic heterocycles. The number of hydrogen-bond acceptors (Lipinski definition) is 7. The molecule has 2 unspecified atom stereocenters. The maximum Gasteiger partial charge on any atom is 0.408 e. The molecule has 1 aromatic rings. The van der Waals surface area contributed by atoms with E-state index in [9.17, 15) is 24.0 Å². The summed E-state index contributed by atoms with van der Waals surface area (Å²) in [5, 5.41) is 5.29. The number of benzene rings is 1. The second-order valence-electron chi connectivity index (χ2n) is 10.7. The third-order valence-corrected chi connectivity index (χ3v) is 5.50. The largest absolute Gasteiger partial charge is 0.466 e. The van der Waals surface area contributed by atoms with E-state index in [1.165, 1.54) is 4.90 Å². The summed E-state index contributed by atoms with van der Waals surface area (Å²) in [4.78, 5) is 64.9. The molecule has 0 aliphatic carbocycles. The molecule has 218 valence electrons. The Morgan fingerprint density at radius 3 is 2.08 bits per heavy atom. The van der Waals surface area contributed by atoms with Crippen molar-refractivity contribution in [2.75, 3.05) is 13.2 Å². The molecule has 2 atom stereocenters. The Labute approximate surface area is 231 Å². The average Bonchev–Trinajstić information content (AvgIpc) is 2.77. The first-order valence-corrected chi connectivity index (χ1v) is 13.2. The summed E-state index contributed by atoms with van der Waals surface area (Å²) in [6.45, 7) is 14.2. The normalized spacial score (nSPS) is 12.7. The second kappa shape index (κ2) is 15.1. The van der Waals surface area contributed by atoms with Crippen molar-refractivity contribution in [1.82, 2.24) is 15.5 Å². The van der Waals surface area contributed by atoms with Gasteiger partial charge in [-0.3, -0.25) is 19.2 Å². The molecule has 11 heteroatoms. The van der Waals surface area contributed by atoms with Crippen LogP contribution in [0.3, 0.4) is 0 Å². The molecule has 11 nitrogen and oxygen atoms in total. The minimum absolute atomic E-state index is 0.0142. The number of aryl methyl sites for hydroxylation is 2. The highest BCUT2D eigenvalue weighted by molar-refractivity contribution is 5.93. The van der Waals surface area contributed by atoms with Crippen LogP contribution in [0.5, 0.6) is 0 Å². The van der Waals surface area contributed by atoms with Crippen molar-refractivity contribution in [3.63, 3.8) is 0 Å². The van der Waals surface area contributed by atoms with Gasteiger partial charge in [0.05, 0.1) is 13.0 Å². The summed E-state index contributed by atoms with van der Waals surface area (Å²) in [5.41, 5.74) is 6.86. The molecule has 4 N–H and O–H groups in total. The lowest BCUT2D eigenvalue weighted by Crippen LogP contribution is -2.55. The number of nitrogens with one attached hydrogen (secondary N) is 2. The molecule has 0 fully saturated rings. The molecule has 0 aliphatic rings. The SMILES string of the molecule is CCOC(=O)CCNC(=O)C(c1cc(C)cc(C)c1)N(C(=O)C(CCC(N)=O)NC(=O)OC(C)(C)C)C(C)C. The van der Waals surface area contributed by atoms with Crippen LogP contribution < -0.4 is 16.4 Å². The first kappa shape index (κ1) is 33.4. The number of esters is 1. The number of nitrogens with zero attached hydrogens (tertiary/aromatic N) is 1. The van der Waals surface area contributed by atoms with Crippen LogP contribution in [-0.2, 0) is 28.7 Å². The van der Waals surface area contributed by atoms with Crippen LogP contribution in [0.4, 0.5) is 4.79 Å². The zero-order valence-electron chi connectivity index (χ0n) is 24.4. The number of hydrogen-bond donors (Lipinski definition) is 3. The minimum atomic E-state index is -1.18. The van der Waals surface area contributed by atoms with Gasteiger partial charge in [-0.1, -0.05) is 29.3 Å². The highest BCUT2D eigenvalue weighted by Gasteiger charge is 2.38. The Bertz CT molecular complexity index is 1010.